The van der Waals surface area contributed by atoms with Crippen LogP contribution in [-0.4, -0.2) is 29.5 Å². The van der Waals surface area contributed by atoms with E-state index in [2.05, 4.69) is 10.7 Å². The van der Waals surface area contributed by atoms with Crippen LogP contribution in [0.4, 0.5) is 19.7 Å². The van der Waals surface area contributed by atoms with Crippen molar-refractivity contribution in [3.63, 3.8) is 0 Å². The molecule has 1 aliphatic rings. The molecule has 1 heterocycles. The molecular weight excluding hydrogens is 255 g/mol. The number of nitrogens with zero attached hydrogens (tertiary/aromatic N) is 1. The summed E-state index contributed by atoms with van der Waals surface area (Å²) in [5, 5.41) is 5.17. The molecule has 0 saturated carbocycles. The van der Waals surface area contributed by atoms with Gasteiger partial charge in [-0.3, -0.25) is 10.1 Å². The second kappa shape index (κ2) is 4.92. The summed E-state index contributed by atoms with van der Waals surface area (Å²) in [6.07, 6.45) is 0. The molecule has 0 unspecified atom stereocenters. The number of halogens is 1. The fourth-order valence-corrected chi connectivity index (χ4v) is 1.48. The molecule has 1 saturated heterocycles. The first kappa shape index (κ1) is 12.8. The zero-order valence-electron chi connectivity index (χ0n) is 9.99. The van der Waals surface area contributed by atoms with Gasteiger partial charge in [-0.2, -0.15) is 0 Å². The Morgan fingerprint density at radius 1 is 1.42 bits per heavy atom. The first-order valence-corrected chi connectivity index (χ1v) is 5.41. The minimum absolute atomic E-state index is 0.242. The second-order valence-electron chi connectivity index (χ2n) is 3.97. The van der Waals surface area contributed by atoms with Crippen LogP contribution < -0.4 is 16.1 Å². The van der Waals surface area contributed by atoms with Gasteiger partial charge in [0.1, 0.15) is 12.4 Å². The zero-order chi connectivity index (χ0) is 14.0. The molecule has 7 nitrogen and oxygen atoms in total. The number of rotatable bonds is 2. The lowest BCUT2D eigenvalue weighted by atomic mass is 10.2. The van der Waals surface area contributed by atoms with Crippen LogP contribution in [0.3, 0.4) is 0 Å². The van der Waals surface area contributed by atoms with Crippen molar-refractivity contribution in [1.82, 2.24) is 15.8 Å². The Morgan fingerprint density at radius 3 is 2.74 bits per heavy atom. The molecule has 0 aromatic heterocycles. The summed E-state index contributed by atoms with van der Waals surface area (Å²) < 4.78 is 13.3. The molecule has 0 atom stereocenters. The molecule has 1 fully saturated rings. The van der Waals surface area contributed by atoms with Crippen LogP contribution in [0.15, 0.2) is 18.2 Å². The lowest BCUT2D eigenvalue weighted by molar-refractivity contribution is -0.118. The number of benzene rings is 1. The Labute approximate surface area is 107 Å². The summed E-state index contributed by atoms with van der Waals surface area (Å²) in [6, 6.07) is 2.73. The van der Waals surface area contributed by atoms with E-state index in [1.165, 1.54) is 12.1 Å². The first-order valence-electron chi connectivity index (χ1n) is 5.41. The van der Waals surface area contributed by atoms with Crippen LogP contribution in [0.25, 0.3) is 0 Å². The molecular formula is C11H11FN4O3. The number of amides is 5. The van der Waals surface area contributed by atoms with Crippen molar-refractivity contribution >= 4 is 23.7 Å². The van der Waals surface area contributed by atoms with Crippen molar-refractivity contribution in [2.45, 2.75) is 6.92 Å². The van der Waals surface area contributed by atoms with Gasteiger partial charge in [-0.25, -0.2) is 24.4 Å². The largest absolute Gasteiger partial charge is 0.343 e. The molecule has 0 aliphatic carbocycles. The Bertz CT molecular complexity index is 561. The van der Waals surface area contributed by atoms with E-state index in [1.807, 2.05) is 5.32 Å². The Kier molecular flexibility index (Phi) is 3.32. The number of imide groups is 1. The number of anilines is 1. The van der Waals surface area contributed by atoms with E-state index >= 15 is 0 Å². The number of hydrogen-bond acceptors (Lipinski definition) is 3. The van der Waals surface area contributed by atoms with Gasteiger partial charge in [0, 0.05) is 5.69 Å². The van der Waals surface area contributed by atoms with Crippen molar-refractivity contribution in [3.8, 4) is 0 Å². The molecule has 8 heteroatoms. The van der Waals surface area contributed by atoms with Crippen LogP contribution in [0.1, 0.15) is 5.56 Å². The molecule has 1 aliphatic heterocycles. The molecule has 0 bridgehead atoms. The molecule has 1 aromatic rings. The van der Waals surface area contributed by atoms with Crippen molar-refractivity contribution in [2.24, 2.45) is 0 Å². The highest BCUT2D eigenvalue weighted by Gasteiger charge is 2.28. The minimum Gasteiger partial charge on any atom is -0.306 e. The Balaban J connectivity index is 1.96. The molecule has 2 rings (SSSR count). The summed E-state index contributed by atoms with van der Waals surface area (Å²) in [4.78, 5) is 33.6. The molecule has 5 amide bonds. The number of urea groups is 2. The zero-order valence-corrected chi connectivity index (χ0v) is 9.99. The molecule has 3 N–H and O–H groups in total. The van der Waals surface area contributed by atoms with Crippen LogP contribution in [0.2, 0.25) is 0 Å². The van der Waals surface area contributed by atoms with Gasteiger partial charge >= 0.3 is 12.1 Å². The molecule has 19 heavy (non-hydrogen) atoms. The van der Waals surface area contributed by atoms with Gasteiger partial charge in [-0.1, -0.05) is 6.07 Å². The normalized spacial score (nSPS) is 14.3. The summed E-state index contributed by atoms with van der Waals surface area (Å²) in [5.41, 5.74) is 2.87. The van der Waals surface area contributed by atoms with Crippen LogP contribution in [0, 0.1) is 12.7 Å². The lowest BCUT2D eigenvalue weighted by Crippen LogP contribution is -2.46. The first-order chi connectivity index (χ1) is 8.95. The van der Waals surface area contributed by atoms with Gasteiger partial charge in [-0.15, -0.1) is 0 Å². The van der Waals surface area contributed by atoms with E-state index in [4.69, 9.17) is 0 Å². The van der Waals surface area contributed by atoms with Gasteiger partial charge in [0.2, 0.25) is 5.91 Å². The summed E-state index contributed by atoms with van der Waals surface area (Å²) in [5.74, 6) is -0.960. The third-order valence-electron chi connectivity index (χ3n) is 2.46. The van der Waals surface area contributed by atoms with Gasteiger partial charge in [0.15, 0.2) is 0 Å². The number of aryl methyl sites for hydroxylation is 1. The lowest BCUT2D eigenvalue weighted by Gasteiger charge is -2.15. The van der Waals surface area contributed by atoms with Crippen molar-refractivity contribution in [1.29, 1.82) is 0 Å². The Morgan fingerprint density at radius 2 is 2.16 bits per heavy atom. The highest BCUT2D eigenvalue weighted by Crippen LogP contribution is 2.13. The fourth-order valence-electron chi connectivity index (χ4n) is 1.48. The molecule has 0 spiro atoms. The predicted molar refractivity (Wildman–Crippen MR) is 63.5 cm³/mol. The number of nitrogens with one attached hydrogen (secondary N) is 3. The monoisotopic (exact) mass is 266 g/mol. The van der Waals surface area contributed by atoms with Crippen LogP contribution in [0.5, 0.6) is 0 Å². The summed E-state index contributed by atoms with van der Waals surface area (Å²) in [6.45, 7) is 1.34. The highest BCUT2D eigenvalue weighted by atomic mass is 19.1. The maximum absolute atomic E-state index is 13.3. The number of hydrogen-bond donors (Lipinski definition) is 3. The van der Waals surface area contributed by atoms with Gasteiger partial charge in [0.05, 0.1) is 0 Å². The van der Waals surface area contributed by atoms with E-state index in [1.54, 1.807) is 6.92 Å². The minimum atomic E-state index is -0.742. The number of carbonyl (C=O) groups is 3. The van der Waals surface area contributed by atoms with E-state index in [0.29, 0.717) is 5.56 Å². The smallest absolute Gasteiger partial charge is 0.306 e. The summed E-state index contributed by atoms with van der Waals surface area (Å²) in [7, 11) is 0. The topological polar surface area (TPSA) is 90.5 Å². The predicted octanol–water partition coefficient (Wildman–Crippen LogP) is 0.722. The quantitative estimate of drug-likeness (QED) is 0.689. The third kappa shape index (κ3) is 2.97. The van der Waals surface area contributed by atoms with Crippen LogP contribution in [-0.2, 0) is 4.79 Å². The molecule has 1 aromatic carbocycles. The number of carbonyl (C=O) groups excluding carboxylic acids is 3. The second-order valence-corrected chi connectivity index (χ2v) is 3.97. The van der Waals surface area contributed by atoms with Crippen LogP contribution >= 0.6 is 0 Å². The molecule has 0 radical (unpaired) electrons. The fraction of sp³-hybridized carbons (Fsp3) is 0.182. The maximum atomic E-state index is 13.3. The van der Waals surface area contributed by atoms with Crippen molar-refractivity contribution in [2.75, 3.05) is 11.9 Å². The highest BCUT2D eigenvalue weighted by molar-refractivity contribution is 6.03. The van der Waals surface area contributed by atoms with Crippen molar-refractivity contribution < 1.29 is 18.8 Å². The Hall–Kier alpha value is -2.64. The third-order valence-corrected chi connectivity index (χ3v) is 2.46. The van der Waals surface area contributed by atoms with E-state index in [-0.39, 0.29) is 12.2 Å². The standard InChI is InChI=1S/C11H11FN4O3/c1-6-2-3-7(4-8(6)12)13-10(18)15-16-5-9(17)14-11(16)19/h2-4H,5H2,1H3,(H2,13,15,18)(H,14,17,19). The SMILES string of the molecule is Cc1ccc(NC(=O)NN2CC(=O)NC2=O)cc1F. The van der Waals surface area contributed by atoms with E-state index < -0.39 is 23.8 Å². The van der Waals surface area contributed by atoms with E-state index in [9.17, 15) is 18.8 Å². The van der Waals surface area contributed by atoms with Gasteiger partial charge < -0.3 is 5.32 Å². The van der Waals surface area contributed by atoms with E-state index in [0.717, 1.165) is 11.1 Å². The van der Waals surface area contributed by atoms with Gasteiger partial charge in [0.25, 0.3) is 0 Å². The van der Waals surface area contributed by atoms with Gasteiger partial charge in [-0.05, 0) is 24.6 Å². The number of hydrazine groups is 1. The molecule has 100 valence electrons. The summed E-state index contributed by atoms with van der Waals surface area (Å²) >= 11 is 0. The average Bonchev–Trinajstić information content (AvgIpc) is 2.62. The van der Waals surface area contributed by atoms with Crippen molar-refractivity contribution in [3.05, 3.63) is 29.6 Å². The maximum Gasteiger partial charge on any atom is 0.343 e. The average molecular weight is 266 g/mol.